The second-order valence-corrected chi connectivity index (χ2v) is 8.36. The normalized spacial score (nSPS) is 15.8. The third-order valence-corrected chi connectivity index (χ3v) is 6.26. The third-order valence-electron chi connectivity index (χ3n) is 6.26. The fourth-order valence-electron chi connectivity index (χ4n) is 4.46. The number of ether oxygens (including phenoxy) is 1. The smallest absolute Gasteiger partial charge is 0.220 e. The van der Waals surface area contributed by atoms with Crippen molar-refractivity contribution in [1.29, 1.82) is 0 Å². The lowest BCUT2D eigenvalue weighted by Gasteiger charge is -2.26. The van der Waals surface area contributed by atoms with E-state index in [4.69, 9.17) is 4.74 Å². The van der Waals surface area contributed by atoms with Crippen LogP contribution in [0.5, 0.6) is 0 Å². The van der Waals surface area contributed by atoms with Gasteiger partial charge in [0.05, 0.1) is 13.2 Å². The van der Waals surface area contributed by atoms with Crippen LogP contribution >= 0.6 is 0 Å². The fourth-order valence-corrected chi connectivity index (χ4v) is 4.46. The molecule has 0 aliphatic carbocycles. The van der Waals surface area contributed by atoms with Gasteiger partial charge >= 0.3 is 0 Å². The number of morpholine rings is 1. The van der Waals surface area contributed by atoms with Gasteiger partial charge in [-0.2, -0.15) is 0 Å². The molecule has 2 aromatic carbocycles. The van der Waals surface area contributed by atoms with Crippen LogP contribution in [-0.4, -0.2) is 54.8 Å². The number of hydrogen-bond donors (Lipinski definition) is 1. The quantitative estimate of drug-likeness (QED) is 0.602. The number of benzene rings is 2. The van der Waals surface area contributed by atoms with Crippen LogP contribution in [-0.2, 0) is 16.1 Å². The summed E-state index contributed by atoms with van der Waals surface area (Å²) in [5.74, 6) is 0.133. The first-order valence-electron chi connectivity index (χ1n) is 11.4. The van der Waals surface area contributed by atoms with E-state index in [-0.39, 0.29) is 11.8 Å². The molecular weight excluding hydrogens is 386 g/mol. The Morgan fingerprint density at radius 2 is 1.84 bits per heavy atom. The van der Waals surface area contributed by atoms with Gasteiger partial charge in [-0.3, -0.25) is 9.69 Å². The molecule has 2 heterocycles. The first-order chi connectivity index (χ1) is 15.2. The van der Waals surface area contributed by atoms with Crippen LogP contribution in [0.2, 0.25) is 0 Å². The van der Waals surface area contributed by atoms with Crippen LogP contribution in [0.25, 0.3) is 10.9 Å². The number of rotatable bonds is 8. The largest absolute Gasteiger partial charge is 0.379 e. The number of nitrogens with one attached hydrogen (secondary N) is 1. The van der Waals surface area contributed by atoms with E-state index in [2.05, 4.69) is 83.4 Å². The summed E-state index contributed by atoms with van der Waals surface area (Å²) < 4.78 is 7.68. The van der Waals surface area contributed by atoms with E-state index in [9.17, 15) is 4.79 Å². The molecule has 1 amide bonds. The number of amides is 1. The molecule has 3 aromatic rings. The van der Waals surface area contributed by atoms with Crippen LogP contribution in [0.1, 0.15) is 36.0 Å². The molecular formula is C26H33N3O2. The number of carbonyl (C=O) groups is 1. The van der Waals surface area contributed by atoms with Gasteiger partial charge < -0.3 is 14.6 Å². The number of carbonyl (C=O) groups excluding carboxylic acids is 1. The van der Waals surface area contributed by atoms with Crippen molar-refractivity contribution < 1.29 is 9.53 Å². The summed E-state index contributed by atoms with van der Waals surface area (Å²) >= 11 is 0. The Bertz CT molecular complexity index is 1000. The van der Waals surface area contributed by atoms with E-state index in [1.807, 2.05) is 0 Å². The van der Waals surface area contributed by atoms with Crippen LogP contribution in [0.3, 0.4) is 0 Å². The first-order valence-corrected chi connectivity index (χ1v) is 11.4. The van der Waals surface area contributed by atoms with Crippen molar-refractivity contribution in [3.05, 3.63) is 71.4 Å². The van der Waals surface area contributed by atoms with Gasteiger partial charge in [0.2, 0.25) is 5.91 Å². The SMILES string of the molecule is CCn1cc(C(CC(=O)NCCN2CCOCC2)c2ccc(C)cc2)c2ccccc21. The minimum Gasteiger partial charge on any atom is -0.379 e. The summed E-state index contributed by atoms with van der Waals surface area (Å²) in [5, 5.41) is 4.38. The summed E-state index contributed by atoms with van der Waals surface area (Å²) in [7, 11) is 0. The van der Waals surface area contributed by atoms with Crippen molar-refractivity contribution in [3.8, 4) is 0 Å². The average Bonchev–Trinajstić information content (AvgIpc) is 3.17. The molecule has 1 aromatic heterocycles. The molecule has 1 aliphatic heterocycles. The highest BCUT2D eigenvalue weighted by molar-refractivity contribution is 5.86. The number of aromatic nitrogens is 1. The molecule has 4 rings (SSSR count). The molecule has 5 nitrogen and oxygen atoms in total. The monoisotopic (exact) mass is 419 g/mol. The minimum atomic E-state index is 0.0293. The highest BCUT2D eigenvalue weighted by atomic mass is 16.5. The first kappa shape index (κ1) is 21.6. The van der Waals surface area contributed by atoms with Crippen LogP contribution < -0.4 is 5.32 Å². The summed E-state index contributed by atoms with van der Waals surface area (Å²) in [6.07, 6.45) is 2.68. The molecule has 1 saturated heterocycles. The predicted octanol–water partition coefficient (Wildman–Crippen LogP) is 3.94. The average molecular weight is 420 g/mol. The van der Waals surface area contributed by atoms with Gasteiger partial charge in [0.25, 0.3) is 0 Å². The molecule has 0 bridgehead atoms. The lowest BCUT2D eigenvalue weighted by molar-refractivity contribution is -0.121. The van der Waals surface area contributed by atoms with E-state index in [0.29, 0.717) is 13.0 Å². The Kier molecular flexibility index (Phi) is 7.05. The van der Waals surface area contributed by atoms with Gasteiger partial charge in [-0.05, 0) is 31.0 Å². The van der Waals surface area contributed by atoms with Crippen LogP contribution in [0.4, 0.5) is 0 Å². The van der Waals surface area contributed by atoms with Crippen molar-refractivity contribution in [2.45, 2.75) is 32.7 Å². The summed E-state index contributed by atoms with van der Waals surface area (Å²) in [6, 6.07) is 17.1. The molecule has 1 aliphatic rings. The number of nitrogens with zero attached hydrogens (tertiary/aromatic N) is 2. The van der Waals surface area contributed by atoms with Gasteiger partial charge in [0.1, 0.15) is 0 Å². The Labute approximate surface area is 185 Å². The van der Waals surface area contributed by atoms with Gasteiger partial charge in [0.15, 0.2) is 0 Å². The molecule has 1 N–H and O–H groups in total. The number of aryl methyl sites for hydroxylation is 2. The third kappa shape index (κ3) is 5.17. The highest BCUT2D eigenvalue weighted by Gasteiger charge is 2.22. The fraction of sp³-hybridized carbons (Fsp3) is 0.423. The summed E-state index contributed by atoms with van der Waals surface area (Å²) in [6.45, 7) is 10.2. The molecule has 164 valence electrons. The van der Waals surface area contributed by atoms with Crippen LogP contribution in [0, 0.1) is 6.92 Å². The maximum Gasteiger partial charge on any atom is 0.220 e. The summed E-state index contributed by atoms with van der Waals surface area (Å²) in [5.41, 5.74) is 4.87. The topological polar surface area (TPSA) is 46.5 Å². The molecule has 1 unspecified atom stereocenters. The summed E-state index contributed by atoms with van der Waals surface area (Å²) in [4.78, 5) is 15.3. The van der Waals surface area contributed by atoms with E-state index in [1.54, 1.807) is 0 Å². The molecule has 0 saturated carbocycles. The predicted molar refractivity (Wildman–Crippen MR) is 126 cm³/mol. The number of fused-ring (bicyclic) bond motifs is 1. The van der Waals surface area contributed by atoms with Crippen LogP contribution in [0.15, 0.2) is 54.7 Å². The van der Waals surface area contributed by atoms with Crippen molar-refractivity contribution in [2.24, 2.45) is 0 Å². The molecule has 5 heteroatoms. The van der Waals surface area contributed by atoms with Gasteiger partial charge in [-0.15, -0.1) is 0 Å². The molecule has 0 spiro atoms. The Balaban J connectivity index is 1.54. The van der Waals surface area contributed by atoms with Crippen molar-refractivity contribution in [3.63, 3.8) is 0 Å². The van der Waals surface area contributed by atoms with E-state index < -0.39 is 0 Å². The highest BCUT2D eigenvalue weighted by Crippen LogP contribution is 2.35. The zero-order valence-electron chi connectivity index (χ0n) is 18.6. The molecule has 0 radical (unpaired) electrons. The molecule has 1 fully saturated rings. The zero-order chi connectivity index (χ0) is 21.6. The Morgan fingerprint density at radius 1 is 1.10 bits per heavy atom. The zero-order valence-corrected chi connectivity index (χ0v) is 18.6. The van der Waals surface area contributed by atoms with Gasteiger partial charge in [-0.1, -0.05) is 48.0 Å². The lowest BCUT2D eigenvalue weighted by Crippen LogP contribution is -2.41. The minimum absolute atomic E-state index is 0.0293. The van der Waals surface area contributed by atoms with E-state index in [1.165, 1.54) is 27.6 Å². The lowest BCUT2D eigenvalue weighted by atomic mass is 9.87. The Hall–Kier alpha value is -2.63. The second kappa shape index (κ2) is 10.1. The maximum atomic E-state index is 13.0. The van der Waals surface area contributed by atoms with Gasteiger partial charge in [-0.25, -0.2) is 0 Å². The van der Waals surface area contributed by atoms with E-state index in [0.717, 1.165) is 39.4 Å². The standard InChI is InChI=1S/C26H33N3O2/c1-3-29-19-24(22-6-4-5-7-25(22)29)23(21-10-8-20(2)9-11-21)18-26(30)27-12-13-28-14-16-31-17-15-28/h4-11,19,23H,3,12-18H2,1-2H3,(H,27,30). The Morgan fingerprint density at radius 3 is 2.58 bits per heavy atom. The molecule has 1 atom stereocenters. The second-order valence-electron chi connectivity index (χ2n) is 8.36. The molecule has 31 heavy (non-hydrogen) atoms. The van der Waals surface area contributed by atoms with E-state index >= 15 is 0 Å². The van der Waals surface area contributed by atoms with Gasteiger partial charge in [0, 0.05) is 62.2 Å². The van der Waals surface area contributed by atoms with Crippen molar-refractivity contribution in [2.75, 3.05) is 39.4 Å². The van der Waals surface area contributed by atoms with Crippen molar-refractivity contribution >= 4 is 16.8 Å². The van der Waals surface area contributed by atoms with Crippen molar-refractivity contribution in [1.82, 2.24) is 14.8 Å². The number of para-hydroxylation sites is 1. The number of hydrogen-bond acceptors (Lipinski definition) is 3. The maximum absolute atomic E-state index is 13.0.